The zero-order valence-corrected chi connectivity index (χ0v) is 24.0. The second-order valence-corrected chi connectivity index (χ2v) is 9.30. The number of esters is 1. The quantitative estimate of drug-likeness (QED) is 0.191. The predicted octanol–water partition coefficient (Wildman–Crippen LogP) is 3.73. The van der Waals surface area contributed by atoms with Gasteiger partial charge >= 0.3 is 12.0 Å². The van der Waals surface area contributed by atoms with Gasteiger partial charge in [0.15, 0.2) is 30.5 Å². The number of halogens is 2. The molecule has 0 radical (unpaired) electrons. The minimum atomic E-state index is -0.783. The van der Waals surface area contributed by atoms with Crippen LogP contribution in [0.2, 0.25) is 5.02 Å². The van der Waals surface area contributed by atoms with Gasteiger partial charge in [-0.05, 0) is 65.2 Å². The van der Waals surface area contributed by atoms with Gasteiger partial charge in [-0.15, -0.1) is 0 Å². The summed E-state index contributed by atoms with van der Waals surface area (Å²) in [4.78, 5) is 36.9. The summed E-state index contributed by atoms with van der Waals surface area (Å²) in [6, 6.07) is 8.63. The number of nitrogens with one attached hydrogen (secondary N) is 3. The fourth-order valence-electron chi connectivity index (χ4n) is 3.66. The topological polar surface area (TPSA) is 160 Å². The van der Waals surface area contributed by atoms with E-state index in [1.54, 1.807) is 44.2 Å². The Balaban J connectivity index is 1.66. The number of urea groups is 1. The Hall–Kier alpha value is -4.28. The van der Waals surface area contributed by atoms with Crippen LogP contribution in [0.15, 0.2) is 51.2 Å². The van der Waals surface area contributed by atoms with Crippen molar-refractivity contribution in [2.45, 2.75) is 19.9 Å². The molecular weight excluding hydrogens is 610 g/mol. The number of hydrogen-bond donors (Lipinski definition) is 3. The van der Waals surface area contributed by atoms with Gasteiger partial charge in [-0.2, -0.15) is 10.4 Å². The Morgan fingerprint density at radius 3 is 2.70 bits per heavy atom. The third-order valence-electron chi connectivity index (χ3n) is 5.35. The van der Waals surface area contributed by atoms with E-state index in [1.807, 2.05) is 6.07 Å². The van der Waals surface area contributed by atoms with Gasteiger partial charge in [0.1, 0.15) is 6.07 Å². The Morgan fingerprint density at radius 1 is 1.25 bits per heavy atom. The summed E-state index contributed by atoms with van der Waals surface area (Å²) >= 11 is 9.49. The van der Waals surface area contributed by atoms with Crippen LogP contribution in [0.5, 0.6) is 17.2 Å². The lowest BCUT2D eigenvalue weighted by molar-refractivity contribution is -0.139. The average Bonchev–Trinajstić information content (AvgIpc) is 2.91. The molecule has 1 aliphatic rings. The van der Waals surface area contributed by atoms with E-state index in [2.05, 4.69) is 37.1 Å². The van der Waals surface area contributed by atoms with Crippen molar-refractivity contribution in [3.63, 3.8) is 0 Å². The molecule has 3 amide bonds. The number of amides is 3. The lowest BCUT2D eigenvalue weighted by Crippen LogP contribution is -2.45. The first kappa shape index (κ1) is 30.3. The van der Waals surface area contributed by atoms with Crippen LogP contribution in [0.25, 0.3) is 0 Å². The lowest BCUT2D eigenvalue weighted by Gasteiger charge is -2.28. The van der Waals surface area contributed by atoms with Crippen molar-refractivity contribution in [2.24, 2.45) is 5.10 Å². The molecule has 0 unspecified atom stereocenters. The molecule has 1 heterocycles. The SMILES string of the molecule is CCOC(=O)C1=C(C)NC(=O)N[C@@H]1c1ccc(OCC(=O)N/N=C\c2cc(Cl)c(OCC#N)c(Br)c2)c(OC)c1. The summed E-state index contributed by atoms with van der Waals surface area (Å²) in [5.41, 5.74) is 4.09. The molecule has 3 N–H and O–H groups in total. The number of benzene rings is 2. The minimum absolute atomic E-state index is 0.157. The third kappa shape index (κ3) is 7.64. The maximum absolute atomic E-state index is 12.6. The Labute approximate surface area is 243 Å². The summed E-state index contributed by atoms with van der Waals surface area (Å²) in [6.45, 7) is 2.94. The molecule has 0 spiro atoms. The molecular formula is C26H25BrClN5O7. The van der Waals surface area contributed by atoms with Crippen LogP contribution in [0, 0.1) is 11.3 Å². The van der Waals surface area contributed by atoms with Crippen molar-refractivity contribution >= 4 is 51.7 Å². The van der Waals surface area contributed by atoms with Gasteiger partial charge in [-0.25, -0.2) is 15.0 Å². The fourth-order valence-corrected chi connectivity index (χ4v) is 4.65. The average molecular weight is 635 g/mol. The summed E-state index contributed by atoms with van der Waals surface area (Å²) in [6.07, 6.45) is 1.38. The minimum Gasteiger partial charge on any atom is -0.493 e. The molecule has 3 rings (SSSR count). The van der Waals surface area contributed by atoms with Crippen LogP contribution < -0.4 is 30.3 Å². The Morgan fingerprint density at radius 2 is 2.02 bits per heavy atom. The zero-order chi connectivity index (χ0) is 29.2. The van der Waals surface area contributed by atoms with E-state index in [-0.39, 0.29) is 41.9 Å². The van der Waals surface area contributed by atoms with Gasteiger partial charge in [0.2, 0.25) is 0 Å². The highest BCUT2D eigenvalue weighted by Gasteiger charge is 2.32. The number of carbonyl (C=O) groups excluding carboxylic acids is 3. The first-order chi connectivity index (χ1) is 19.2. The van der Waals surface area contributed by atoms with Crippen molar-refractivity contribution in [3.05, 3.63) is 62.2 Å². The van der Waals surface area contributed by atoms with E-state index in [9.17, 15) is 14.4 Å². The highest BCUT2D eigenvalue weighted by molar-refractivity contribution is 9.10. The first-order valence-corrected chi connectivity index (χ1v) is 12.9. The molecule has 0 bridgehead atoms. The first-order valence-electron chi connectivity index (χ1n) is 11.7. The van der Waals surface area contributed by atoms with Crippen LogP contribution in [-0.4, -0.2) is 51.1 Å². The number of nitriles is 1. The van der Waals surface area contributed by atoms with Crippen molar-refractivity contribution < 1.29 is 33.3 Å². The second kappa shape index (κ2) is 14.2. The van der Waals surface area contributed by atoms with Gasteiger partial charge < -0.3 is 29.6 Å². The van der Waals surface area contributed by atoms with Crippen molar-refractivity contribution in [3.8, 4) is 23.3 Å². The molecule has 2 aromatic rings. The normalized spacial score (nSPS) is 14.6. The maximum atomic E-state index is 12.6. The summed E-state index contributed by atoms with van der Waals surface area (Å²) in [5, 5.41) is 18.1. The smallest absolute Gasteiger partial charge is 0.338 e. The van der Waals surface area contributed by atoms with Crippen LogP contribution in [0.1, 0.15) is 31.0 Å². The standard InChI is InChI=1S/C26H25BrClN5O7/c1-4-38-25(35)22-14(2)31-26(36)32-23(22)16-5-6-19(20(11-16)37-3)40-13-21(34)33-30-12-15-9-17(27)24(18(28)10-15)39-8-7-29/h5-6,9-12,23H,4,8,13H2,1-3H3,(H,33,34)(H2,31,32,36)/b30-12-/t23-/m1/s1. The van der Waals surface area contributed by atoms with E-state index in [0.717, 1.165) is 0 Å². The van der Waals surface area contributed by atoms with Crippen molar-refractivity contribution in [1.82, 2.24) is 16.1 Å². The third-order valence-corrected chi connectivity index (χ3v) is 6.22. The summed E-state index contributed by atoms with van der Waals surface area (Å²) in [5.74, 6) is -0.251. The number of allylic oxidation sites excluding steroid dienone is 1. The van der Waals surface area contributed by atoms with Crippen LogP contribution in [-0.2, 0) is 14.3 Å². The monoisotopic (exact) mass is 633 g/mol. The Kier molecular flexibility index (Phi) is 10.7. The predicted molar refractivity (Wildman–Crippen MR) is 148 cm³/mol. The van der Waals surface area contributed by atoms with E-state index in [4.69, 9.17) is 35.8 Å². The highest BCUT2D eigenvalue weighted by Crippen LogP contribution is 2.35. The maximum Gasteiger partial charge on any atom is 0.338 e. The zero-order valence-electron chi connectivity index (χ0n) is 21.7. The largest absolute Gasteiger partial charge is 0.493 e. The van der Waals surface area contributed by atoms with E-state index in [1.165, 1.54) is 13.3 Å². The van der Waals surface area contributed by atoms with Crippen LogP contribution in [0.4, 0.5) is 4.79 Å². The molecule has 0 aromatic heterocycles. The number of hydrogen-bond acceptors (Lipinski definition) is 9. The molecule has 0 saturated heterocycles. The molecule has 14 heteroatoms. The van der Waals surface area contributed by atoms with Gasteiger partial charge in [-0.1, -0.05) is 17.7 Å². The molecule has 12 nitrogen and oxygen atoms in total. The molecule has 2 aromatic carbocycles. The van der Waals surface area contributed by atoms with E-state index < -0.39 is 23.9 Å². The van der Waals surface area contributed by atoms with Gasteiger partial charge in [0.25, 0.3) is 5.91 Å². The highest BCUT2D eigenvalue weighted by atomic mass is 79.9. The van der Waals surface area contributed by atoms with Crippen molar-refractivity contribution in [1.29, 1.82) is 5.26 Å². The number of nitrogens with zero attached hydrogens (tertiary/aromatic N) is 2. The summed E-state index contributed by atoms with van der Waals surface area (Å²) in [7, 11) is 1.42. The number of carbonyl (C=O) groups is 3. The van der Waals surface area contributed by atoms with Gasteiger partial charge in [0.05, 0.1) is 41.0 Å². The molecule has 0 saturated carbocycles. The molecule has 0 fully saturated rings. The molecule has 1 atom stereocenters. The van der Waals surface area contributed by atoms with Crippen LogP contribution in [0.3, 0.4) is 0 Å². The van der Waals surface area contributed by atoms with Gasteiger partial charge in [0, 0.05) is 5.70 Å². The molecule has 210 valence electrons. The van der Waals surface area contributed by atoms with E-state index in [0.29, 0.717) is 27.0 Å². The van der Waals surface area contributed by atoms with Crippen molar-refractivity contribution in [2.75, 3.05) is 26.9 Å². The van der Waals surface area contributed by atoms with Gasteiger partial charge in [-0.3, -0.25) is 4.79 Å². The summed E-state index contributed by atoms with van der Waals surface area (Å²) < 4.78 is 21.9. The fraction of sp³-hybridized carbons (Fsp3) is 0.269. The van der Waals surface area contributed by atoms with Crippen LogP contribution >= 0.6 is 27.5 Å². The molecule has 40 heavy (non-hydrogen) atoms. The van der Waals surface area contributed by atoms with E-state index >= 15 is 0 Å². The lowest BCUT2D eigenvalue weighted by atomic mass is 9.95. The number of methoxy groups -OCH3 is 1. The number of hydrazone groups is 1. The molecule has 1 aliphatic heterocycles. The Bertz CT molecular complexity index is 1380. The second-order valence-electron chi connectivity index (χ2n) is 8.04. The number of ether oxygens (including phenoxy) is 4. The molecule has 0 aliphatic carbocycles. The number of rotatable bonds is 11.